The zero-order chi connectivity index (χ0) is 19.1. The third-order valence-electron chi connectivity index (χ3n) is 4.49. The molecule has 0 aromatic heterocycles. The maximum Gasteiger partial charge on any atom is 0.288 e. The van der Waals surface area contributed by atoms with Gasteiger partial charge in [0.15, 0.2) is 5.11 Å². The first kappa shape index (κ1) is 20.0. The predicted molar refractivity (Wildman–Crippen MR) is 112 cm³/mol. The summed E-state index contributed by atoms with van der Waals surface area (Å²) < 4.78 is 24.7. The van der Waals surface area contributed by atoms with Crippen molar-refractivity contribution >= 4 is 34.8 Å². The van der Waals surface area contributed by atoms with Gasteiger partial charge in [-0.2, -0.15) is 8.78 Å². The molecule has 0 spiro atoms. The summed E-state index contributed by atoms with van der Waals surface area (Å²) in [5.74, 6) is -2.41. The van der Waals surface area contributed by atoms with Gasteiger partial charge in [0.25, 0.3) is 5.76 Å². The lowest BCUT2D eigenvalue weighted by Gasteiger charge is -2.18. The summed E-state index contributed by atoms with van der Waals surface area (Å²) in [7, 11) is 0. The molecule has 3 rings (SSSR count). The van der Waals surface area contributed by atoms with Gasteiger partial charge in [0.2, 0.25) is 0 Å². The number of alkyl halides is 2. The maximum absolute atomic E-state index is 12.4. The van der Waals surface area contributed by atoms with Crippen LogP contribution in [0.4, 0.5) is 14.5 Å². The zero-order valence-corrected chi connectivity index (χ0v) is 16.6. The summed E-state index contributed by atoms with van der Waals surface area (Å²) in [4.78, 5) is 3.01. The standard InChI is InChI=1S/C20H23F2N3S2/c21-19(22)27-18-9-7-17(8-10-18)24-20(26)23-13-15-5-1-2-6-16(15)14-25-11-3-4-12-25/h1-2,5-10,19H,3-4,11-14H2,(H2,23,24,26). The van der Waals surface area contributed by atoms with Crippen molar-refractivity contribution in [3.63, 3.8) is 0 Å². The number of thioether (sulfide) groups is 1. The third-order valence-corrected chi connectivity index (χ3v) is 5.46. The fourth-order valence-corrected chi connectivity index (χ4v) is 3.83. The van der Waals surface area contributed by atoms with Crippen molar-refractivity contribution in [2.75, 3.05) is 18.4 Å². The highest BCUT2D eigenvalue weighted by molar-refractivity contribution is 7.99. The molecule has 0 saturated carbocycles. The molecule has 0 atom stereocenters. The highest BCUT2D eigenvalue weighted by Gasteiger charge is 2.13. The molecule has 0 bridgehead atoms. The van der Waals surface area contributed by atoms with Crippen LogP contribution in [0.2, 0.25) is 0 Å². The highest BCUT2D eigenvalue weighted by atomic mass is 32.2. The van der Waals surface area contributed by atoms with E-state index in [2.05, 4.69) is 33.7 Å². The van der Waals surface area contributed by atoms with Crippen molar-refractivity contribution < 1.29 is 8.78 Å². The number of benzene rings is 2. The summed E-state index contributed by atoms with van der Waals surface area (Å²) in [5, 5.41) is 6.85. The fraction of sp³-hybridized carbons (Fsp3) is 0.350. The van der Waals surface area contributed by atoms with Crippen LogP contribution >= 0.6 is 24.0 Å². The Bertz CT molecular complexity index is 747. The number of rotatable bonds is 7. The van der Waals surface area contributed by atoms with Crippen molar-refractivity contribution in [1.29, 1.82) is 0 Å². The SMILES string of the molecule is FC(F)Sc1ccc(NC(=S)NCc2ccccc2CN2CCCC2)cc1. The second kappa shape index (κ2) is 10.0. The summed E-state index contributed by atoms with van der Waals surface area (Å²) in [5.41, 5.74) is 3.33. The van der Waals surface area contributed by atoms with Crippen molar-refractivity contribution in [2.24, 2.45) is 0 Å². The third kappa shape index (κ3) is 6.45. The van der Waals surface area contributed by atoms with Gasteiger partial charge in [-0.25, -0.2) is 0 Å². The van der Waals surface area contributed by atoms with Gasteiger partial charge < -0.3 is 10.6 Å². The van der Waals surface area contributed by atoms with Crippen LogP contribution < -0.4 is 10.6 Å². The van der Waals surface area contributed by atoms with Crippen LogP contribution in [0.1, 0.15) is 24.0 Å². The van der Waals surface area contributed by atoms with E-state index in [9.17, 15) is 8.78 Å². The van der Waals surface area contributed by atoms with E-state index in [1.165, 1.54) is 37.1 Å². The Morgan fingerprint density at radius 3 is 2.37 bits per heavy atom. The molecule has 0 unspecified atom stereocenters. The van der Waals surface area contributed by atoms with Gasteiger partial charge in [-0.1, -0.05) is 36.0 Å². The van der Waals surface area contributed by atoms with Gasteiger partial charge >= 0.3 is 0 Å². The molecule has 0 aliphatic carbocycles. The molecule has 27 heavy (non-hydrogen) atoms. The average Bonchev–Trinajstić information content (AvgIpc) is 3.15. The first-order chi connectivity index (χ1) is 13.1. The van der Waals surface area contributed by atoms with E-state index in [1.54, 1.807) is 24.3 Å². The molecular formula is C20H23F2N3S2. The molecule has 1 saturated heterocycles. The van der Waals surface area contributed by atoms with Gasteiger partial charge in [0.1, 0.15) is 0 Å². The monoisotopic (exact) mass is 407 g/mol. The molecule has 144 valence electrons. The van der Waals surface area contributed by atoms with E-state index in [0.29, 0.717) is 28.3 Å². The van der Waals surface area contributed by atoms with Gasteiger partial charge in [0.05, 0.1) is 0 Å². The van der Waals surface area contributed by atoms with Gasteiger partial charge in [-0.05, 0) is 73.5 Å². The lowest BCUT2D eigenvalue weighted by atomic mass is 10.1. The predicted octanol–water partition coefficient (Wildman–Crippen LogP) is 5.08. The number of anilines is 1. The molecule has 1 aliphatic rings. The summed E-state index contributed by atoms with van der Waals surface area (Å²) >= 11 is 5.90. The minimum absolute atomic E-state index is 0.514. The topological polar surface area (TPSA) is 27.3 Å². The van der Waals surface area contributed by atoms with Gasteiger partial charge in [-0.3, -0.25) is 4.90 Å². The Kier molecular flexibility index (Phi) is 7.43. The molecule has 7 heteroatoms. The number of hydrogen-bond acceptors (Lipinski definition) is 3. The Morgan fingerprint density at radius 1 is 1.04 bits per heavy atom. The largest absolute Gasteiger partial charge is 0.358 e. The first-order valence-corrected chi connectivity index (χ1v) is 10.3. The van der Waals surface area contributed by atoms with Crippen molar-refractivity contribution in [3.05, 3.63) is 59.7 Å². The van der Waals surface area contributed by atoms with Crippen LogP contribution in [0.3, 0.4) is 0 Å². The van der Waals surface area contributed by atoms with E-state index >= 15 is 0 Å². The molecule has 1 heterocycles. The number of halogens is 2. The second-order valence-corrected chi connectivity index (χ2v) is 7.93. The number of nitrogens with zero attached hydrogens (tertiary/aromatic N) is 1. The normalized spacial score (nSPS) is 14.5. The van der Waals surface area contributed by atoms with E-state index in [0.717, 1.165) is 12.2 Å². The zero-order valence-electron chi connectivity index (χ0n) is 15.0. The quantitative estimate of drug-likeness (QED) is 0.493. The Morgan fingerprint density at radius 2 is 1.70 bits per heavy atom. The number of thiocarbonyl (C=S) groups is 1. The summed E-state index contributed by atoms with van der Waals surface area (Å²) in [6.45, 7) is 3.96. The van der Waals surface area contributed by atoms with Crippen molar-refractivity contribution in [2.45, 2.75) is 36.6 Å². The number of likely N-dealkylation sites (tertiary alicyclic amines) is 1. The second-order valence-electron chi connectivity index (χ2n) is 6.46. The highest BCUT2D eigenvalue weighted by Crippen LogP contribution is 2.26. The number of hydrogen-bond donors (Lipinski definition) is 2. The molecule has 3 nitrogen and oxygen atoms in total. The minimum Gasteiger partial charge on any atom is -0.358 e. The molecule has 1 aliphatic heterocycles. The summed E-state index contributed by atoms with van der Waals surface area (Å²) in [6, 6.07) is 15.2. The molecule has 0 amide bonds. The molecule has 2 aromatic rings. The average molecular weight is 408 g/mol. The lowest BCUT2D eigenvalue weighted by Crippen LogP contribution is -2.28. The summed E-state index contributed by atoms with van der Waals surface area (Å²) in [6.07, 6.45) is 2.56. The van der Waals surface area contributed by atoms with Crippen LogP contribution in [-0.2, 0) is 13.1 Å². The fourth-order valence-electron chi connectivity index (χ4n) is 3.14. The maximum atomic E-state index is 12.4. The number of nitrogens with one attached hydrogen (secondary N) is 2. The minimum atomic E-state index is -2.41. The Labute approximate surface area is 168 Å². The Balaban J connectivity index is 1.51. The van der Waals surface area contributed by atoms with Crippen LogP contribution in [-0.4, -0.2) is 28.9 Å². The molecule has 2 aromatic carbocycles. The van der Waals surface area contributed by atoms with Crippen molar-refractivity contribution in [1.82, 2.24) is 10.2 Å². The van der Waals surface area contributed by atoms with Crippen LogP contribution in [0.15, 0.2) is 53.4 Å². The van der Waals surface area contributed by atoms with E-state index in [1.807, 2.05) is 6.07 Å². The molecule has 1 fully saturated rings. The van der Waals surface area contributed by atoms with E-state index in [-0.39, 0.29) is 0 Å². The van der Waals surface area contributed by atoms with Crippen LogP contribution in [0.25, 0.3) is 0 Å². The van der Waals surface area contributed by atoms with Crippen LogP contribution in [0.5, 0.6) is 0 Å². The lowest BCUT2D eigenvalue weighted by molar-refractivity contribution is 0.252. The van der Waals surface area contributed by atoms with Gasteiger partial charge in [0, 0.05) is 23.7 Å². The first-order valence-electron chi connectivity index (χ1n) is 8.99. The van der Waals surface area contributed by atoms with Crippen molar-refractivity contribution in [3.8, 4) is 0 Å². The molecular weight excluding hydrogens is 384 g/mol. The van der Waals surface area contributed by atoms with Crippen LogP contribution in [0, 0.1) is 0 Å². The smallest absolute Gasteiger partial charge is 0.288 e. The van der Waals surface area contributed by atoms with Gasteiger partial charge in [-0.15, -0.1) is 0 Å². The molecule has 2 N–H and O–H groups in total. The van der Waals surface area contributed by atoms with E-state index < -0.39 is 5.76 Å². The van der Waals surface area contributed by atoms with E-state index in [4.69, 9.17) is 12.2 Å². The Hall–Kier alpha value is -1.70. The molecule has 0 radical (unpaired) electrons.